The van der Waals surface area contributed by atoms with Crippen LogP contribution >= 0.6 is 24.0 Å². The summed E-state index contributed by atoms with van der Waals surface area (Å²) < 4.78 is 0. The van der Waals surface area contributed by atoms with Crippen LogP contribution in [0.2, 0.25) is 5.02 Å². The third-order valence-electron chi connectivity index (χ3n) is 2.92. The van der Waals surface area contributed by atoms with Gasteiger partial charge in [-0.3, -0.25) is 9.89 Å². The lowest BCUT2D eigenvalue weighted by Crippen LogP contribution is -2.48. The average molecular weight is 329 g/mol. The minimum Gasteiger partial charge on any atom is -0.345 e. The van der Waals surface area contributed by atoms with Crippen LogP contribution in [0.15, 0.2) is 30.3 Å². The molecule has 21 heavy (non-hydrogen) atoms. The van der Waals surface area contributed by atoms with Crippen LogP contribution in [0.3, 0.4) is 0 Å². The summed E-state index contributed by atoms with van der Waals surface area (Å²) in [6.45, 7) is 4.08. The van der Waals surface area contributed by atoms with E-state index in [1.807, 2.05) is 26.0 Å². The Morgan fingerprint density at radius 2 is 2.00 bits per heavy atom. The topological polar surface area (TPSA) is 83.8 Å². The van der Waals surface area contributed by atoms with Gasteiger partial charge in [-0.1, -0.05) is 23.7 Å². The molecule has 0 bridgehead atoms. The highest BCUT2D eigenvalue weighted by atomic mass is 35.5. The normalized spacial score (nSPS) is 10.9. The number of rotatable bonds is 4. The van der Waals surface area contributed by atoms with Gasteiger partial charge in [0, 0.05) is 22.7 Å². The van der Waals surface area contributed by atoms with Gasteiger partial charge in [-0.05, 0) is 32.0 Å². The van der Waals surface area contributed by atoms with Crippen molar-refractivity contribution in [3.63, 3.8) is 0 Å². The van der Waals surface area contributed by atoms with Crippen molar-refractivity contribution < 1.29 is 4.79 Å². The van der Waals surface area contributed by atoms with Gasteiger partial charge in [-0.15, -0.1) is 12.4 Å². The zero-order valence-corrected chi connectivity index (χ0v) is 13.4. The number of nitrogens with zero attached hydrogens (tertiary/aromatic N) is 1. The Morgan fingerprint density at radius 1 is 1.38 bits per heavy atom. The quantitative estimate of drug-likeness (QED) is 0.806. The summed E-state index contributed by atoms with van der Waals surface area (Å²) in [6.07, 6.45) is 0. The number of aromatic amines is 1. The number of amides is 1. The Hall–Kier alpha value is -1.56. The first kappa shape index (κ1) is 17.5. The lowest BCUT2D eigenvalue weighted by molar-refractivity contribution is 0.0910. The summed E-state index contributed by atoms with van der Waals surface area (Å²) >= 11 is 5.84. The maximum absolute atomic E-state index is 12.1. The summed E-state index contributed by atoms with van der Waals surface area (Å²) in [6, 6.07) is 8.96. The lowest BCUT2D eigenvalue weighted by Gasteiger charge is -2.23. The fourth-order valence-corrected chi connectivity index (χ4v) is 1.76. The number of carbonyl (C=O) groups excluding carboxylic acids is 1. The molecule has 0 aliphatic carbocycles. The molecule has 1 aromatic heterocycles. The van der Waals surface area contributed by atoms with Crippen molar-refractivity contribution in [3.05, 3.63) is 41.0 Å². The van der Waals surface area contributed by atoms with Gasteiger partial charge < -0.3 is 11.1 Å². The molecule has 1 heterocycles. The Morgan fingerprint density at radius 3 is 2.57 bits per heavy atom. The minimum absolute atomic E-state index is 0. The number of hydrogen-bond acceptors (Lipinski definition) is 3. The van der Waals surface area contributed by atoms with Gasteiger partial charge in [0.1, 0.15) is 5.69 Å². The van der Waals surface area contributed by atoms with Gasteiger partial charge in [0.25, 0.3) is 5.91 Å². The maximum atomic E-state index is 12.1. The minimum atomic E-state index is -0.456. The van der Waals surface area contributed by atoms with Crippen LogP contribution in [0.4, 0.5) is 0 Å². The van der Waals surface area contributed by atoms with Gasteiger partial charge in [0.15, 0.2) is 0 Å². The van der Waals surface area contributed by atoms with Crippen molar-refractivity contribution in [1.82, 2.24) is 15.5 Å². The molecule has 0 aliphatic heterocycles. The van der Waals surface area contributed by atoms with E-state index in [1.54, 1.807) is 18.2 Å². The average Bonchev–Trinajstić information content (AvgIpc) is 2.89. The van der Waals surface area contributed by atoms with E-state index in [0.717, 1.165) is 5.56 Å². The van der Waals surface area contributed by atoms with Gasteiger partial charge >= 0.3 is 0 Å². The van der Waals surface area contributed by atoms with E-state index in [2.05, 4.69) is 15.5 Å². The molecule has 0 radical (unpaired) electrons. The smallest absolute Gasteiger partial charge is 0.269 e. The molecule has 0 spiro atoms. The second-order valence-electron chi connectivity index (χ2n) is 5.22. The van der Waals surface area contributed by atoms with Crippen molar-refractivity contribution in [2.24, 2.45) is 5.73 Å². The molecule has 1 aromatic carbocycles. The fraction of sp³-hybridized carbons (Fsp3) is 0.286. The van der Waals surface area contributed by atoms with Crippen LogP contribution in [0.1, 0.15) is 24.3 Å². The molecule has 2 aromatic rings. The monoisotopic (exact) mass is 328 g/mol. The number of H-pyrrole nitrogens is 1. The molecular formula is C14H18Cl2N4O. The SMILES string of the molecule is CC(C)(CN)NC(=O)c1cc(-c2ccc(Cl)cc2)n[nH]1.Cl. The second-order valence-corrected chi connectivity index (χ2v) is 5.65. The van der Waals surface area contributed by atoms with Crippen molar-refractivity contribution in [3.8, 4) is 11.3 Å². The van der Waals surface area contributed by atoms with E-state index < -0.39 is 5.54 Å². The third-order valence-corrected chi connectivity index (χ3v) is 3.18. The fourth-order valence-electron chi connectivity index (χ4n) is 1.63. The third kappa shape index (κ3) is 4.46. The molecule has 1 amide bonds. The molecule has 0 saturated carbocycles. The van der Waals surface area contributed by atoms with Gasteiger partial charge in [-0.2, -0.15) is 5.10 Å². The highest BCUT2D eigenvalue weighted by molar-refractivity contribution is 6.30. The van der Waals surface area contributed by atoms with Crippen molar-refractivity contribution in [2.45, 2.75) is 19.4 Å². The zero-order chi connectivity index (χ0) is 14.8. The van der Waals surface area contributed by atoms with E-state index in [1.165, 1.54) is 0 Å². The Kier molecular flexibility index (Phi) is 5.78. The number of hydrogen-bond donors (Lipinski definition) is 3. The molecule has 5 nitrogen and oxygen atoms in total. The van der Waals surface area contributed by atoms with E-state index >= 15 is 0 Å². The van der Waals surface area contributed by atoms with Crippen molar-refractivity contribution in [2.75, 3.05) is 6.54 Å². The van der Waals surface area contributed by atoms with Crippen LogP contribution in [0, 0.1) is 0 Å². The summed E-state index contributed by atoms with van der Waals surface area (Å²) in [5, 5.41) is 10.4. The first-order valence-electron chi connectivity index (χ1n) is 6.25. The number of nitrogens with one attached hydrogen (secondary N) is 2. The van der Waals surface area contributed by atoms with E-state index in [-0.39, 0.29) is 18.3 Å². The molecule has 114 valence electrons. The number of carbonyl (C=O) groups is 1. The van der Waals surface area contributed by atoms with Crippen LogP contribution in [0.5, 0.6) is 0 Å². The molecule has 2 rings (SSSR count). The summed E-state index contributed by atoms with van der Waals surface area (Å²) in [5.41, 5.74) is 7.12. The molecule has 7 heteroatoms. The molecule has 0 saturated heterocycles. The molecular weight excluding hydrogens is 311 g/mol. The van der Waals surface area contributed by atoms with Gasteiger partial charge in [-0.25, -0.2) is 0 Å². The molecule has 0 unspecified atom stereocenters. The largest absolute Gasteiger partial charge is 0.345 e. The zero-order valence-electron chi connectivity index (χ0n) is 11.8. The lowest BCUT2D eigenvalue weighted by atomic mass is 10.1. The summed E-state index contributed by atoms with van der Waals surface area (Å²) in [4.78, 5) is 12.1. The van der Waals surface area contributed by atoms with Crippen LogP contribution < -0.4 is 11.1 Å². The van der Waals surface area contributed by atoms with Crippen molar-refractivity contribution >= 4 is 29.9 Å². The molecule has 0 fully saturated rings. The molecule has 4 N–H and O–H groups in total. The van der Waals surface area contributed by atoms with Gasteiger partial charge in [0.2, 0.25) is 0 Å². The van der Waals surface area contributed by atoms with E-state index in [4.69, 9.17) is 17.3 Å². The second kappa shape index (κ2) is 6.93. The number of halogens is 2. The molecule has 0 atom stereocenters. The maximum Gasteiger partial charge on any atom is 0.269 e. The van der Waals surface area contributed by atoms with Crippen LogP contribution in [0.25, 0.3) is 11.3 Å². The number of nitrogens with two attached hydrogens (primary N) is 1. The van der Waals surface area contributed by atoms with E-state index in [0.29, 0.717) is 23.0 Å². The van der Waals surface area contributed by atoms with Gasteiger partial charge in [0.05, 0.1) is 5.69 Å². The predicted molar refractivity (Wildman–Crippen MR) is 86.9 cm³/mol. The predicted octanol–water partition coefficient (Wildman–Crippen LogP) is 2.62. The first-order chi connectivity index (χ1) is 9.41. The Balaban J connectivity index is 0.00000220. The summed E-state index contributed by atoms with van der Waals surface area (Å²) in [7, 11) is 0. The highest BCUT2D eigenvalue weighted by Gasteiger charge is 2.20. The summed E-state index contributed by atoms with van der Waals surface area (Å²) in [5.74, 6) is -0.229. The Bertz CT molecular complexity index is 608. The van der Waals surface area contributed by atoms with Crippen LogP contribution in [-0.4, -0.2) is 28.2 Å². The first-order valence-corrected chi connectivity index (χ1v) is 6.63. The van der Waals surface area contributed by atoms with Crippen LogP contribution in [-0.2, 0) is 0 Å². The molecule has 0 aliphatic rings. The van der Waals surface area contributed by atoms with Crippen molar-refractivity contribution in [1.29, 1.82) is 0 Å². The number of aromatic nitrogens is 2. The standard InChI is InChI=1S/C14H17ClN4O.ClH/c1-14(2,8-16)17-13(20)12-7-11(18-19-12)9-3-5-10(15)6-4-9;/h3-7H,8,16H2,1-2H3,(H,17,20)(H,18,19);1H. The van der Waals surface area contributed by atoms with E-state index in [9.17, 15) is 4.79 Å². The Labute approximate surface area is 134 Å². The highest BCUT2D eigenvalue weighted by Crippen LogP contribution is 2.20. The number of benzene rings is 1.